The van der Waals surface area contributed by atoms with Crippen molar-refractivity contribution in [1.82, 2.24) is 9.47 Å². The van der Waals surface area contributed by atoms with Gasteiger partial charge in [0.1, 0.15) is 13.9 Å². The van der Waals surface area contributed by atoms with Crippen LogP contribution < -0.4 is 19.7 Å². The summed E-state index contributed by atoms with van der Waals surface area (Å²) in [4.78, 5) is 42.7. The number of carbonyl (C=O) groups excluding carboxylic acids is 1. The molecule has 2 fully saturated rings. The molecular formula is C41H33N3O4S3. The third kappa shape index (κ3) is 5.97. The van der Waals surface area contributed by atoms with Crippen LogP contribution in [-0.4, -0.2) is 43.5 Å². The molecule has 10 heteroatoms. The largest absolute Gasteiger partial charge is 0.464 e. The van der Waals surface area contributed by atoms with Crippen molar-refractivity contribution in [2.45, 2.75) is 38.1 Å². The lowest BCUT2D eigenvalue weighted by Crippen LogP contribution is -2.37. The predicted octanol–water partition coefficient (Wildman–Crippen LogP) is 7.63. The summed E-state index contributed by atoms with van der Waals surface area (Å²) in [5, 5.41) is 9.96. The van der Waals surface area contributed by atoms with Crippen LogP contribution in [0.5, 0.6) is 0 Å². The fourth-order valence-electron chi connectivity index (χ4n) is 7.53. The Kier molecular flexibility index (Phi) is 8.83. The van der Waals surface area contributed by atoms with Gasteiger partial charge >= 0.3 is 6.09 Å². The Hall–Kier alpha value is -5.03. The molecule has 1 N–H and O–H groups in total. The molecule has 0 spiro atoms. The lowest BCUT2D eigenvalue weighted by Gasteiger charge is -2.27. The Morgan fingerprint density at radius 2 is 1.57 bits per heavy atom. The summed E-state index contributed by atoms with van der Waals surface area (Å²) in [7, 11) is 0. The van der Waals surface area contributed by atoms with Gasteiger partial charge in [0.15, 0.2) is 0 Å². The van der Waals surface area contributed by atoms with Gasteiger partial charge in [0.25, 0.3) is 11.5 Å². The first-order valence-electron chi connectivity index (χ1n) is 16.9. The zero-order chi connectivity index (χ0) is 35.2. The first-order valence-corrected chi connectivity index (χ1v) is 19.0. The van der Waals surface area contributed by atoms with E-state index < -0.39 is 11.7 Å². The van der Waals surface area contributed by atoms with Gasteiger partial charge in [-0.15, -0.1) is 11.3 Å². The van der Waals surface area contributed by atoms with Gasteiger partial charge in [-0.3, -0.25) is 14.5 Å². The number of hydrogen-bond donors (Lipinski definition) is 1. The van der Waals surface area contributed by atoms with E-state index in [1.165, 1.54) is 27.2 Å². The summed E-state index contributed by atoms with van der Waals surface area (Å²) < 4.78 is 1.36. The van der Waals surface area contributed by atoms with Crippen molar-refractivity contribution in [3.05, 3.63) is 150 Å². The number of thiocarbonyl (C=S) groups is 1. The number of amides is 1. The van der Waals surface area contributed by atoms with E-state index in [2.05, 4.69) is 95.9 Å². The summed E-state index contributed by atoms with van der Waals surface area (Å²) in [6.07, 6.45) is 5.86. The number of carboxylic acid groups (broad SMARTS) is 1. The smallest absolute Gasteiger partial charge is 0.419 e. The molecule has 3 heterocycles. The van der Waals surface area contributed by atoms with E-state index in [1.54, 1.807) is 13.0 Å². The average Bonchev–Trinajstić information content (AvgIpc) is 3.89. The van der Waals surface area contributed by atoms with E-state index in [4.69, 9.17) is 12.2 Å². The Bertz CT molecular complexity index is 2380. The van der Waals surface area contributed by atoms with Gasteiger partial charge in [-0.2, -0.15) is 4.57 Å². The predicted molar refractivity (Wildman–Crippen MR) is 211 cm³/mol. The van der Waals surface area contributed by atoms with Crippen LogP contribution in [0, 0.1) is 0 Å². The van der Waals surface area contributed by atoms with Crippen LogP contribution in [0.25, 0.3) is 22.6 Å². The Balaban J connectivity index is 1.15. The van der Waals surface area contributed by atoms with Gasteiger partial charge in [-0.05, 0) is 89.6 Å². The molecule has 2 atom stereocenters. The van der Waals surface area contributed by atoms with Gasteiger partial charge in [-0.25, -0.2) is 4.79 Å². The van der Waals surface area contributed by atoms with Gasteiger partial charge < -0.3 is 10.0 Å². The van der Waals surface area contributed by atoms with Crippen LogP contribution in [0.4, 0.5) is 16.2 Å². The minimum Gasteiger partial charge on any atom is -0.464 e. The average molecular weight is 728 g/mol. The molecule has 8 rings (SSSR count). The Morgan fingerprint density at radius 1 is 0.902 bits per heavy atom. The standard InChI is InChI=1S/C41H33N3O4S3/c1-2-42-38(46)36(51-41(42)49)39-44(40(47)48)37(45)35(50-39)24-26-18-21-34-32(23-26)30-14-9-15-33(30)43(34)29-19-16-25(17-20-29)22-31(27-10-5-3-6-11-27)28-12-7-4-8-13-28/h3-8,10-13,16-24,30,33H,2,9,14-15H2,1H3,(H,47,48)/b35-24-,39-36-. The molecule has 1 amide bonds. The molecule has 1 aliphatic carbocycles. The lowest BCUT2D eigenvalue weighted by atomic mass is 9.95. The monoisotopic (exact) mass is 727 g/mol. The normalized spacial score (nSPS) is 19.4. The minimum atomic E-state index is -1.43. The number of thioether (sulfide) groups is 1. The summed E-state index contributed by atoms with van der Waals surface area (Å²) in [5.41, 5.74) is 8.31. The van der Waals surface area contributed by atoms with Crippen LogP contribution in [0.2, 0.25) is 0 Å². The number of rotatable bonds is 6. The third-order valence-corrected chi connectivity index (χ3v) is 12.5. The van der Waals surface area contributed by atoms with Crippen molar-refractivity contribution >= 4 is 85.6 Å². The highest BCUT2D eigenvalue weighted by molar-refractivity contribution is 8.30. The first kappa shape index (κ1) is 33.1. The quantitative estimate of drug-likeness (QED) is 0.142. The molecule has 1 aromatic heterocycles. The molecule has 0 radical (unpaired) electrons. The van der Waals surface area contributed by atoms with Crippen molar-refractivity contribution in [2.75, 3.05) is 11.4 Å². The fraction of sp³-hybridized carbons (Fsp3) is 0.171. The number of anilines is 2. The van der Waals surface area contributed by atoms with Gasteiger partial charge in [0.05, 0.1) is 4.53 Å². The molecule has 1 saturated heterocycles. The van der Waals surface area contributed by atoms with Crippen LogP contribution in [0.1, 0.15) is 59.9 Å². The number of benzene rings is 4. The highest BCUT2D eigenvalue weighted by atomic mass is 32.2. The molecule has 4 aromatic carbocycles. The second-order valence-corrected chi connectivity index (χ2v) is 15.4. The van der Waals surface area contributed by atoms with Crippen LogP contribution in [-0.2, 0) is 4.79 Å². The van der Waals surface area contributed by atoms with E-state index in [0.717, 1.165) is 64.9 Å². The van der Waals surface area contributed by atoms with Crippen molar-refractivity contribution in [2.24, 2.45) is 0 Å². The first-order chi connectivity index (χ1) is 24.8. The van der Waals surface area contributed by atoms with E-state index in [1.807, 2.05) is 18.2 Å². The molecule has 2 aliphatic heterocycles. The zero-order valence-corrected chi connectivity index (χ0v) is 30.1. The number of nitrogens with zero attached hydrogens (tertiary/aromatic N) is 3. The van der Waals surface area contributed by atoms with Gasteiger partial charge in [-0.1, -0.05) is 109 Å². The van der Waals surface area contributed by atoms with Crippen molar-refractivity contribution in [3.8, 4) is 0 Å². The summed E-state index contributed by atoms with van der Waals surface area (Å²) in [6.45, 7) is 2.17. The van der Waals surface area contributed by atoms with Crippen molar-refractivity contribution in [1.29, 1.82) is 0 Å². The summed E-state index contributed by atoms with van der Waals surface area (Å²) >= 11 is 7.38. The lowest BCUT2D eigenvalue weighted by molar-refractivity contribution is -0.120. The second-order valence-electron chi connectivity index (χ2n) is 12.8. The highest BCUT2D eigenvalue weighted by Crippen LogP contribution is 2.52. The molecule has 7 nitrogen and oxygen atoms in total. The number of hydrogen-bond acceptors (Lipinski definition) is 7. The number of fused-ring (bicyclic) bond motifs is 3. The van der Waals surface area contributed by atoms with E-state index in [9.17, 15) is 19.5 Å². The SMILES string of the molecule is CCN1C(=O)/C(=c2/s/c(=C\c3ccc4c(c3)C3CCCC3N4c3ccc(C=C(c4ccccc4)c4ccccc4)cc3)c(=O)n2C(=O)O)SC1=S. The van der Waals surface area contributed by atoms with E-state index in [0.29, 0.717) is 27.4 Å². The Labute approximate surface area is 308 Å². The molecule has 2 unspecified atom stereocenters. The molecule has 5 aromatic rings. The maximum atomic E-state index is 13.4. The molecule has 51 heavy (non-hydrogen) atoms. The van der Waals surface area contributed by atoms with Crippen molar-refractivity contribution in [3.63, 3.8) is 0 Å². The zero-order valence-electron chi connectivity index (χ0n) is 27.7. The van der Waals surface area contributed by atoms with Crippen LogP contribution in [0.3, 0.4) is 0 Å². The van der Waals surface area contributed by atoms with Gasteiger partial charge in [0.2, 0.25) is 0 Å². The molecule has 254 valence electrons. The Morgan fingerprint density at radius 3 is 2.20 bits per heavy atom. The molecular weight excluding hydrogens is 695 g/mol. The second kappa shape index (κ2) is 13.6. The maximum absolute atomic E-state index is 13.4. The number of carbonyl (C=O) groups is 2. The summed E-state index contributed by atoms with van der Waals surface area (Å²) in [5.74, 6) is -0.0218. The van der Waals surface area contributed by atoms with Crippen molar-refractivity contribution < 1.29 is 14.7 Å². The highest BCUT2D eigenvalue weighted by Gasteiger charge is 2.42. The summed E-state index contributed by atoms with van der Waals surface area (Å²) in [6, 6.07) is 36.3. The van der Waals surface area contributed by atoms with Crippen LogP contribution >= 0.6 is 35.3 Å². The van der Waals surface area contributed by atoms with Crippen LogP contribution in [0.15, 0.2) is 108 Å². The number of aromatic nitrogens is 1. The maximum Gasteiger partial charge on any atom is 0.419 e. The van der Waals surface area contributed by atoms with E-state index >= 15 is 0 Å². The topological polar surface area (TPSA) is 82.9 Å². The number of thiazole rings is 1. The minimum absolute atomic E-state index is 0.0909. The molecule has 3 aliphatic rings. The molecule has 0 bridgehead atoms. The van der Waals surface area contributed by atoms with Gasteiger partial charge in [0, 0.05) is 29.9 Å². The molecule has 1 saturated carbocycles. The fourth-order valence-corrected chi connectivity index (χ4v) is 10.1. The van der Waals surface area contributed by atoms with E-state index in [-0.39, 0.29) is 20.0 Å². The third-order valence-electron chi connectivity index (χ3n) is 9.85.